The van der Waals surface area contributed by atoms with E-state index in [4.69, 9.17) is 0 Å². The SMILES string of the molecule is CCN(Cc1ccccc1)C(=O)c1ccc(S(=O)(=O)C(C)C)cc1. The second kappa shape index (κ2) is 7.62. The number of carbonyl (C=O) groups is 1. The van der Waals surface area contributed by atoms with E-state index in [1.54, 1.807) is 30.9 Å². The standard InChI is InChI=1S/C19H23NO3S/c1-4-20(14-16-8-6-5-7-9-16)19(21)17-10-12-18(13-11-17)24(22,23)15(2)3/h5-13,15H,4,14H2,1-3H3. The number of nitrogens with zero attached hydrogens (tertiary/aromatic N) is 1. The Bertz CT molecular complexity index is 781. The van der Waals surface area contributed by atoms with Gasteiger partial charge in [-0.15, -0.1) is 0 Å². The molecular weight excluding hydrogens is 322 g/mol. The molecule has 0 atom stereocenters. The van der Waals surface area contributed by atoms with Crippen molar-refractivity contribution in [2.75, 3.05) is 6.54 Å². The summed E-state index contributed by atoms with van der Waals surface area (Å²) < 4.78 is 24.3. The normalized spacial score (nSPS) is 11.5. The summed E-state index contributed by atoms with van der Waals surface area (Å²) in [6, 6.07) is 16.0. The van der Waals surface area contributed by atoms with Gasteiger partial charge in [0.15, 0.2) is 9.84 Å². The lowest BCUT2D eigenvalue weighted by Gasteiger charge is -2.21. The lowest BCUT2D eigenvalue weighted by Crippen LogP contribution is -2.30. The van der Waals surface area contributed by atoms with Gasteiger partial charge in [0.05, 0.1) is 10.1 Å². The first-order valence-corrected chi connectivity index (χ1v) is 9.58. The quantitative estimate of drug-likeness (QED) is 0.805. The second-order valence-electron chi connectivity index (χ2n) is 5.92. The molecule has 0 saturated carbocycles. The molecule has 2 aromatic rings. The molecule has 0 aliphatic rings. The third-order valence-corrected chi connectivity index (χ3v) is 6.11. The number of sulfone groups is 1. The number of carbonyl (C=O) groups excluding carboxylic acids is 1. The average Bonchev–Trinajstić information content (AvgIpc) is 2.60. The van der Waals surface area contributed by atoms with Gasteiger partial charge in [0, 0.05) is 18.7 Å². The second-order valence-corrected chi connectivity index (χ2v) is 8.43. The Morgan fingerprint density at radius 2 is 1.58 bits per heavy atom. The van der Waals surface area contributed by atoms with Crippen LogP contribution in [-0.4, -0.2) is 31.0 Å². The smallest absolute Gasteiger partial charge is 0.254 e. The Labute approximate surface area is 144 Å². The maximum Gasteiger partial charge on any atom is 0.254 e. The first-order chi connectivity index (χ1) is 11.4. The number of hydrogen-bond donors (Lipinski definition) is 0. The largest absolute Gasteiger partial charge is 0.335 e. The van der Waals surface area contributed by atoms with Crippen LogP contribution in [0.15, 0.2) is 59.5 Å². The number of amides is 1. The van der Waals surface area contributed by atoms with Crippen LogP contribution < -0.4 is 0 Å². The van der Waals surface area contributed by atoms with E-state index in [-0.39, 0.29) is 10.8 Å². The summed E-state index contributed by atoms with van der Waals surface area (Å²) in [6.45, 7) is 6.33. The number of hydrogen-bond acceptors (Lipinski definition) is 3. The summed E-state index contributed by atoms with van der Waals surface area (Å²) in [7, 11) is -3.32. The highest BCUT2D eigenvalue weighted by Crippen LogP contribution is 2.18. The minimum atomic E-state index is -3.32. The summed E-state index contributed by atoms with van der Waals surface area (Å²) in [5, 5.41) is -0.482. The van der Waals surface area contributed by atoms with E-state index in [2.05, 4.69) is 0 Å². The van der Waals surface area contributed by atoms with Crippen LogP contribution in [0.4, 0.5) is 0 Å². The van der Waals surface area contributed by atoms with Gasteiger partial charge < -0.3 is 4.90 Å². The van der Waals surface area contributed by atoms with E-state index < -0.39 is 15.1 Å². The fourth-order valence-corrected chi connectivity index (χ4v) is 3.43. The third-order valence-electron chi connectivity index (χ3n) is 3.94. The summed E-state index contributed by atoms with van der Waals surface area (Å²) in [6.07, 6.45) is 0. The molecule has 0 N–H and O–H groups in total. The molecule has 1 amide bonds. The molecule has 128 valence electrons. The zero-order valence-electron chi connectivity index (χ0n) is 14.3. The highest BCUT2D eigenvalue weighted by molar-refractivity contribution is 7.92. The lowest BCUT2D eigenvalue weighted by molar-refractivity contribution is 0.0752. The fraction of sp³-hybridized carbons (Fsp3) is 0.316. The molecule has 0 saturated heterocycles. The highest BCUT2D eigenvalue weighted by Gasteiger charge is 2.20. The maximum atomic E-state index is 12.7. The summed E-state index contributed by atoms with van der Waals surface area (Å²) >= 11 is 0. The van der Waals surface area contributed by atoms with Crippen LogP contribution in [0.1, 0.15) is 36.7 Å². The molecule has 0 fully saturated rings. The minimum Gasteiger partial charge on any atom is -0.335 e. The molecule has 2 aromatic carbocycles. The van der Waals surface area contributed by atoms with Crippen molar-refractivity contribution in [3.05, 3.63) is 65.7 Å². The predicted octanol–water partition coefficient (Wildman–Crippen LogP) is 3.53. The van der Waals surface area contributed by atoms with Crippen molar-refractivity contribution >= 4 is 15.7 Å². The van der Waals surface area contributed by atoms with Crippen molar-refractivity contribution in [2.24, 2.45) is 0 Å². The molecule has 0 heterocycles. The van der Waals surface area contributed by atoms with E-state index in [1.165, 1.54) is 12.1 Å². The first kappa shape index (κ1) is 18.2. The fourth-order valence-electron chi connectivity index (χ4n) is 2.37. The topological polar surface area (TPSA) is 54.5 Å². The van der Waals surface area contributed by atoms with E-state index in [0.29, 0.717) is 18.7 Å². The highest BCUT2D eigenvalue weighted by atomic mass is 32.2. The van der Waals surface area contributed by atoms with Gasteiger partial charge in [-0.1, -0.05) is 30.3 Å². The third kappa shape index (κ3) is 4.03. The molecule has 0 radical (unpaired) electrons. The molecule has 0 aliphatic heterocycles. The summed E-state index contributed by atoms with van der Waals surface area (Å²) in [5.41, 5.74) is 1.56. The van der Waals surface area contributed by atoms with Crippen LogP contribution in [0.25, 0.3) is 0 Å². The molecule has 0 spiro atoms. The Morgan fingerprint density at radius 3 is 2.08 bits per heavy atom. The van der Waals surface area contributed by atoms with Gasteiger partial charge >= 0.3 is 0 Å². The van der Waals surface area contributed by atoms with E-state index in [1.807, 2.05) is 37.3 Å². The van der Waals surface area contributed by atoms with Crippen LogP contribution >= 0.6 is 0 Å². The zero-order chi connectivity index (χ0) is 17.7. The van der Waals surface area contributed by atoms with Crippen molar-refractivity contribution in [2.45, 2.75) is 37.5 Å². The molecule has 4 nitrogen and oxygen atoms in total. The lowest BCUT2D eigenvalue weighted by atomic mass is 10.1. The maximum absolute atomic E-state index is 12.7. The molecule has 0 bridgehead atoms. The van der Waals surface area contributed by atoms with Crippen LogP contribution in [-0.2, 0) is 16.4 Å². The summed E-state index contributed by atoms with van der Waals surface area (Å²) in [4.78, 5) is 14.6. The van der Waals surface area contributed by atoms with E-state index >= 15 is 0 Å². The van der Waals surface area contributed by atoms with Crippen molar-refractivity contribution < 1.29 is 13.2 Å². The molecule has 0 aromatic heterocycles. The molecule has 5 heteroatoms. The van der Waals surface area contributed by atoms with Crippen molar-refractivity contribution in [3.63, 3.8) is 0 Å². The van der Waals surface area contributed by atoms with Gasteiger partial charge in [0.2, 0.25) is 0 Å². The number of rotatable bonds is 6. The van der Waals surface area contributed by atoms with Gasteiger partial charge in [-0.2, -0.15) is 0 Å². The van der Waals surface area contributed by atoms with E-state index in [0.717, 1.165) is 5.56 Å². The van der Waals surface area contributed by atoms with Gasteiger partial charge in [-0.25, -0.2) is 8.42 Å². The van der Waals surface area contributed by atoms with Crippen LogP contribution in [0.5, 0.6) is 0 Å². The molecule has 0 aliphatic carbocycles. The van der Waals surface area contributed by atoms with Gasteiger partial charge in [-0.3, -0.25) is 4.79 Å². The van der Waals surface area contributed by atoms with Crippen molar-refractivity contribution in [3.8, 4) is 0 Å². The van der Waals surface area contributed by atoms with Crippen LogP contribution in [0.2, 0.25) is 0 Å². The summed E-state index contributed by atoms with van der Waals surface area (Å²) in [5.74, 6) is -0.102. The Balaban J connectivity index is 2.19. The Hall–Kier alpha value is -2.14. The monoisotopic (exact) mass is 345 g/mol. The van der Waals surface area contributed by atoms with Crippen molar-refractivity contribution in [1.29, 1.82) is 0 Å². The Kier molecular flexibility index (Phi) is 5.78. The minimum absolute atomic E-state index is 0.102. The molecule has 0 unspecified atom stereocenters. The van der Waals surface area contributed by atoms with Gasteiger partial charge in [0.25, 0.3) is 5.91 Å². The van der Waals surface area contributed by atoms with Crippen LogP contribution in [0.3, 0.4) is 0 Å². The first-order valence-electron chi connectivity index (χ1n) is 8.03. The molecule has 24 heavy (non-hydrogen) atoms. The molecule has 2 rings (SSSR count). The van der Waals surface area contributed by atoms with Crippen LogP contribution in [0, 0.1) is 0 Å². The number of benzene rings is 2. The van der Waals surface area contributed by atoms with Crippen molar-refractivity contribution in [1.82, 2.24) is 4.90 Å². The van der Waals surface area contributed by atoms with Gasteiger partial charge in [0.1, 0.15) is 0 Å². The molecular formula is C19H23NO3S. The van der Waals surface area contributed by atoms with E-state index in [9.17, 15) is 13.2 Å². The van der Waals surface area contributed by atoms with Gasteiger partial charge in [-0.05, 0) is 50.6 Å². The zero-order valence-corrected chi connectivity index (χ0v) is 15.1. The average molecular weight is 345 g/mol. The Morgan fingerprint density at radius 1 is 1.00 bits per heavy atom. The predicted molar refractivity (Wildman–Crippen MR) is 95.6 cm³/mol.